The molecule has 1 aromatic rings. The summed E-state index contributed by atoms with van der Waals surface area (Å²) in [5.41, 5.74) is 0.493. The number of rotatable bonds is 10. The van der Waals surface area contributed by atoms with E-state index in [9.17, 15) is 9.59 Å². The van der Waals surface area contributed by atoms with Gasteiger partial charge in [0, 0.05) is 29.7 Å². The van der Waals surface area contributed by atoms with Gasteiger partial charge in [0.15, 0.2) is 0 Å². The highest BCUT2D eigenvalue weighted by molar-refractivity contribution is 6.30. The molecule has 6 heteroatoms. The zero-order valence-corrected chi connectivity index (χ0v) is 17.3. The molecule has 146 valence electrons. The van der Waals surface area contributed by atoms with Gasteiger partial charge in [0.2, 0.25) is 5.91 Å². The summed E-state index contributed by atoms with van der Waals surface area (Å²) < 4.78 is 0. The summed E-state index contributed by atoms with van der Waals surface area (Å²) in [5, 5.41) is 6.38. The van der Waals surface area contributed by atoms with Gasteiger partial charge in [-0.1, -0.05) is 32.4 Å². The molecule has 0 aliphatic carbocycles. The molecule has 0 aromatic heterocycles. The molecule has 0 bridgehead atoms. The molecule has 0 spiro atoms. The van der Waals surface area contributed by atoms with Crippen LogP contribution in [0.25, 0.3) is 0 Å². The van der Waals surface area contributed by atoms with Gasteiger partial charge in [0.25, 0.3) is 5.91 Å². The predicted molar refractivity (Wildman–Crippen MR) is 108 cm³/mol. The van der Waals surface area contributed by atoms with Crippen molar-refractivity contribution < 1.29 is 9.59 Å². The minimum atomic E-state index is -0.549. The van der Waals surface area contributed by atoms with Gasteiger partial charge in [-0.25, -0.2) is 0 Å². The van der Waals surface area contributed by atoms with Gasteiger partial charge >= 0.3 is 0 Å². The number of carbonyl (C=O) groups is 2. The van der Waals surface area contributed by atoms with Crippen LogP contribution in [0.2, 0.25) is 5.02 Å². The zero-order valence-electron chi connectivity index (χ0n) is 16.5. The smallest absolute Gasteiger partial charge is 0.251 e. The summed E-state index contributed by atoms with van der Waals surface area (Å²) in [6, 6.07) is 6.53. The van der Waals surface area contributed by atoms with Gasteiger partial charge < -0.3 is 10.6 Å². The van der Waals surface area contributed by atoms with Crippen LogP contribution in [0.5, 0.6) is 0 Å². The van der Waals surface area contributed by atoms with Crippen molar-refractivity contribution in [3.05, 3.63) is 34.9 Å². The molecule has 1 atom stereocenters. The molecular weight excluding hydrogens is 350 g/mol. The van der Waals surface area contributed by atoms with Crippen LogP contribution in [0.3, 0.4) is 0 Å². The van der Waals surface area contributed by atoms with Crippen LogP contribution in [0.15, 0.2) is 24.3 Å². The van der Waals surface area contributed by atoms with Crippen molar-refractivity contribution >= 4 is 23.4 Å². The summed E-state index contributed by atoms with van der Waals surface area (Å²) in [4.78, 5) is 27.3. The average Bonchev–Trinajstić information content (AvgIpc) is 2.57. The van der Waals surface area contributed by atoms with E-state index in [1.54, 1.807) is 24.3 Å². The first-order chi connectivity index (χ1) is 12.2. The number of nitrogens with zero attached hydrogens (tertiary/aromatic N) is 1. The number of hydrogen-bond donors (Lipinski definition) is 2. The van der Waals surface area contributed by atoms with E-state index in [2.05, 4.69) is 36.3 Å². The van der Waals surface area contributed by atoms with Crippen LogP contribution in [-0.4, -0.2) is 48.4 Å². The van der Waals surface area contributed by atoms with Gasteiger partial charge in [-0.15, -0.1) is 0 Å². The summed E-state index contributed by atoms with van der Waals surface area (Å²) in [5.74, 6) is -0.111. The van der Waals surface area contributed by atoms with Crippen LogP contribution < -0.4 is 10.6 Å². The average molecular weight is 382 g/mol. The van der Waals surface area contributed by atoms with Gasteiger partial charge in [0.05, 0.1) is 0 Å². The highest BCUT2D eigenvalue weighted by Crippen LogP contribution is 2.11. The Labute approximate surface area is 162 Å². The Balaban J connectivity index is 2.65. The summed E-state index contributed by atoms with van der Waals surface area (Å²) in [6.45, 7) is 12.7. The Morgan fingerprint density at radius 3 is 2.23 bits per heavy atom. The van der Waals surface area contributed by atoms with E-state index in [0.29, 0.717) is 35.5 Å². The van der Waals surface area contributed by atoms with Gasteiger partial charge in [-0.2, -0.15) is 0 Å². The second kappa shape index (κ2) is 11.2. The maximum atomic E-state index is 12.6. The van der Waals surface area contributed by atoms with Crippen LogP contribution in [-0.2, 0) is 4.79 Å². The van der Waals surface area contributed by atoms with E-state index >= 15 is 0 Å². The number of halogens is 1. The quantitative estimate of drug-likeness (QED) is 0.653. The minimum absolute atomic E-state index is 0.138. The predicted octanol–water partition coefficient (Wildman–Crippen LogP) is 3.33. The summed E-state index contributed by atoms with van der Waals surface area (Å²) >= 11 is 5.86. The van der Waals surface area contributed by atoms with Crippen molar-refractivity contribution in [2.75, 3.05) is 19.6 Å². The SMILES string of the molecule is CCN(CCNC(=O)C(CC(C)C)NC(=O)c1ccc(Cl)cc1)C(C)C. The number of hydrogen-bond acceptors (Lipinski definition) is 3. The molecule has 0 aliphatic rings. The monoisotopic (exact) mass is 381 g/mol. The molecule has 0 aliphatic heterocycles. The van der Waals surface area contributed by atoms with Crippen molar-refractivity contribution in [1.29, 1.82) is 0 Å². The number of likely N-dealkylation sites (N-methyl/N-ethyl adjacent to an activating group) is 1. The number of nitrogens with one attached hydrogen (secondary N) is 2. The topological polar surface area (TPSA) is 61.4 Å². The Hall–Kier alpha value is -1.59. The molecule has 5 nitrogen and oxygen atoms in total. The second-order valence-corrected chi connectivity index (χ2v) is 7.61. The number of amides is 2. The van der Waals surface area contributed by atoms with E-state index in [0.717, 1.165) is 13.1 Å². The maximum absolute atomic E-state index is 12.6. The maximum Gasteiger partial charge on any atom is 0.251 e. The van der Waals surface area contributed by atoms with E-state index < -0.39 is 6.04 Å². The third-order valence-electron chi connectivity index (χ3n) is 4.27. The van der Waals surface area contributed by atoms with E-state index in [1.807, 2.05) is 13.8 Å². The van der Waals surface area contributed by atoms with Gasteiger partial charge in [0.1, 0.15) is 6.04 Å². The lowest BCUT2D eigenvalue weighted by molar-refractivity contribution is -0.123. The van der Waals surface area contributed by atoms with Gasteiger partial charge in [-0.3, -0.25) is 14.5 Å². The lowest BCUT2D eigenvalue weighted by Gasteiger charge is -2.25. The lowest BCUT2D eigenvalue weighted by atomic mass is 10.0. The fraction of sp³-hybridized carbons (Fsp3) is 0.600. The molecule has 0 saturated heterocycles. The standard InChI is InChI=1S/C20H32ClN3O2/c1-6-24(15(4)5)12-11-22-20(26)18(13-14(2)3)23-19(25)16-7-9-17(21)10-8-16/h7-10,14-15,18H,6,11-13H2,1-5H3,(H,22,26)(H,23,25). The van der Waals surface area contributed by atoms with E-state index in [1.165, 1.54) is 0 Å². The third-order valence-corrected chi connectivity index (χ3v) is 4.52. The normalized spacial score (nSPS) is 12.5. The first-order valence-corrected chi connectivity index (χ1v) is 9.70. The van der Waals surface area contributed by atoms with Gasteiger partial charge in [-0.05, 0) is 57.0 Å². The molecule has 1 rings (SSSR count). The molecule has 0 heterocycles. The minimum Gasteiger partial charge on any atom is -0.353 e. The largest absolute Gasteiger partial charge is 0.353 e. The number of benzene rings is 1. The zero-order chi connectivity index (χ0) is 19.7. The fourth-order valence-corrected chi connectivity index (χ4v) is 2.90. The summed E-state index contributed by atoms with van der Waals surface area (Å²) in [7, 11) is 0. The van der Waals surface area contributed by atoms with Crippen LogP contribution in [0.1, 0.15) is 51.4 Å². The highest BCUT2D eigenvalue weighted by Gasteiger charge is 2.22. The van der Waals surface area contributed by atoms with Crippen molar-refractivity contribution in [2.45, 2.75) is 53.1 Å². The Morgan fingerprint density at radius 1 is 1.12 bits per heavy atom. The van der Waals surface area contributed by atoms with Crippen molar-refractivity contribution in [3.63, 3.8) is 0 Å². The molecule has 0 fully saturated rings. The van der Waals surface area contributed by atoms with E-state index in [4.69, 9.17) is 11.6 Å². The molecule has 2 N–H and O–H groups in total. The Bertz CT molecular complexity index is 573. The van der Waals surface area contributed by atoms with Crippen LogP contribution in [0, 0.1) is 5.92 Å². The van der Waals surface area contributed by atoms with Crippen LogP contribution in [0.4, 0.5) is 0 Å². The molecule has 1 unspecified atom stereocenters. The highest BCUT2D eigenvalue weighted by atomic mass is 35.5. The van der Waals surface area contributed by atoms with Crippen molar-refractivity contribution in [1.82, 2.24) is 15.5 Å². The Kier molecular flexibility index (Phi) is 9.66. The van der Waals surface area contributed by atoms with Crippen LogP contribution >= 0.6 is 11.6 Å². The first-order valence-electron chi connectivity index (χ1n) is 9.32. The first kappa shape index (κ1) is 22.5. The molecule has 2 amide bonds. The lowest BCUT2D eigenvalue weighted by Crippen LogP contribution is -2.49. The van der Waals surface area contributed by atoms with Crippen molar-refractivity contribution in [3.8, 4) is 0 Å². The molecule has 0 radical (unpaired) electrons. The Morgan fingerprint density at radius 2 is 1.73 bits per heavy atom. The molecule has 26 heavy (non-hydrogen) atoms. The second-order valence-electron chi connectivity index (χ2n) is 7.18. The fourth-order valence-electron chi connectivity index (χ4n) is 2.77. The van der Waals surface area contributed by atoms with E-state index in [-0.39, 0.29) is 11.8 Å². The summed E-state index contributed by atoms with van der Waals surface area (Å²) in [6.07, 6.45) is 0.590. The number of carbonyl (C=O) groups excluding carboxylic acids is 2. The molecule has 1 aromatic carbocycles. The van der Waals surface area contributed by atoms with Crippen molar-refractivity contribution in [2.24, 2.45) is 5.92 Å². The molecule has 0 saturated carbocycles. The third kappa shape index (κ3) is 7.75. The molecular formula is C20H32ClN3O2.